The molecule has 7 heteroatoms. The van der Waals surface area contributed by atoms with Crippen LogP contribution in [0.25, 0.3) is 0 Å². The van der Waals surface area contributed by atoms with Crippen LogP contribution in [0.4, 0.5) is 0 Å². The Kier molecular flexibility index (Phi) is 3.17. The van der Waals surface area contributed by atoms with Crippen LogP contribution in [0, 0.1) is 0 Å². The maximum atomic E-state index is 12.3. The third-order valence-electron chi connectivity index (χ3n) is 4.02. The predicted molar refractivity (Wildman–Crippen MR) is 76.8 cm³/mol. The zero-order valence-electron chi connectivity index (χ0n) is 12.0. The van der Waals surface area contributed by atoms with Crippen LogP contribution in [0.5, 0.6) is 11.5 Å². The van der Waals surface area contributed by atoms with E-state index in [2.05, 4.69) is 15.2 Å². The van der Waals surface area contributed by atoms with Gasteiger partial charge in [0.2, 0.25) is 5.91 Å². The second kappa shape index (κ2) is 5.32. The molecule has 0 aliphatic carbocycles. The van der Waals surface area contributed by atoms with Gasteiger partial charge < -0.3 is 14.4 Å². The van der Waals surface area contributed by atoms with Gasteiger partial charge in [0.25, 0.3) is 0 Å². The number of carbonyl (C=O) groups excluding carboxylic acids is 1. The molecule has 1 aromatic carbocycles. The number of likely N-dealkylation sites (tertiary alicyclic amines) is 1. The average molecular weight is 300 g/mol. The Morgan fingerprint density at radius 3 is 2.86 bits per heavy atom. The number of aromatic amines is 1. The van der Waals surface area contributed by atoms with Crippen LogP contribution in [0.15, 0.2) is 24.5 Å². The third-order valence-corrected chi connectivity index (χ3v) is 4.02. The molecule has 22 heavy (non-hydrogen) atoms. The minimum absolute atomic E-state index is 0.118. The number of benzene rings is 1. The van der Waals surface area contributed by atoms with Gasteiger partial charge in [-0.15, -0.1) is 0 Å². The summed E-state index contributed by atoms with van der Waals surface area (Å²) in [6.45, 7) is 2.51. The predicted octanol–water partition coefficient (Wildman–Crippen LogP) is 0.744. The van der Waals surface area contributed by atoms with Gasteiger partial charge in [0.1, 0.15) is 25.4 Å². The van der Waals surface area contributed by atoms with Crippen molar-refractivity contribution in [2.24, 2.45) is 0 Å². The van der Waals surface area contributed by atoms with Gasteiger partial charge in [0.05, 0.1) is 12.3 Å². The maximum Gasteiger partial charge on any atom is 0.227 e. The molecule has 0 spiro atoms. The zero-order valence-corrected chi connectivity index (χ0v) is 12.0. The fourth-order valence-corrected chi connectivity index (χ4v) is 2.75. The second-order valence-electron chi connectivity index (χ2n) is 5.52. The van der Waals surface area contributed by atoms with Gasteiger partial charge in [0, 0.05) is 13.1 Å². The zero-order chi connectivity index (χ0) is 14.9. The SMILES string of the molecule is O=C(Cc1ccc2c(c1)OCCO2)N1CC(c2ncn[nH]2)C1. The van der Waals surface area contributed by atoms with E-state index in [0.717, 1.165) is 22.9 Å². The Labute approximate surface area is 127 Å². The van der Waals surface area contributed by atoms with Crippen molar-refractivity contribution < 1.29 is 14.3 Å². The van der Waals surface area contributed by atoms with Crippen LogP contribution >= 0.6 is 0 Å². The summed E-state index contributed by atoms with van der Waals surface area (Å²) in [4.78, 5) is 18.3. The third kappa shape index (κ3) is 2.38. The van der Waals surface area contributed by atoms with E-state index in [-0.39, 0.29) is 11.8 Å². The lowest BCUT2D eigenvalue weighted by molar-refractivity contribution is -0.135. The maximum absolute atomic E-state index is 12.3. The van der Waals surface area contributed by atoms with Gasteiger partial charge in [-0.25, -0.2) is 4.98 Å². The minimum atomic E-state index is 0.118. The number of carbonyl (C=O) groups is 1. The summed E-state index contributed by atoms with van der Waals surface area (Å²) in [6.07, 6.45) is 1.87. The van der Waals surface area contributed by atoms with Gasteiger partial charge in [0.15, 0.2) is 11.5 Å². The topological polar surface area (TPSA) is 80.3 Å². The molecule has 0 saturated carbocycles. The molecule has 0 unspecified atom stereocenters. The molecule has 4 rings (SSSR count). The van der Waals surface area contributed by atoms with Crippen LogP contribution in [-0.2, 0) is 11.2 Å². The Hall–Kier alpha value is -2.57. The molecular formula is C15H16N4O3. The first-order chi connectivity index (χ1) is 10.8. The minimum Gasteiger partial charge on any atom is -0.486 e. The molecule has 2 aromatic rings. The van der Waals surface area contributed by atoms with Crippen LogP contribution in [0.3, 0.4) is 0 Å². The van der Waals surface area contributed by atoms with Crippen molar-refractivity contribution in [3.8, 4) is 11.5 Å². The van der Waals surface area contributed by atoms with Crippen molar-refractivity contribution in [3.63, 3.8) is 0 Å². The van der Waals surface area contributed by atoms with Crippen molar-refractivity contribution in [1.29, 1.82) is 0 Å². The normalized spacial score (nSPS) is 17.2. The molecule has 1 amide bonds. The lowest BCUT2D eigenvalue weighted by Gasteiger charge is -2.38. The molecule has 1 N–H and O–H groups in total. The molecule has 1 aromatic heterocycles. The quantitative estimate of drug-likeness (QED) is 0.904. The van der Waals surface area contributed by atoms with Gasteiger partial charge in [-0.2, -0.15) is 5.10 Å². The number of amides is 1. The number of rotatable bonds is 3. The van der Waals surface area contributed by atoms with Gasteiger partial charge in [-0.05, 0) is 17.7 Å². The molecule has 114 valence electrons. The van der Waals surface area contributed by atoms with E-state index in [9.17, 15) is 4.79 Å². The van der Waals surface area contributed by atoms with Crippen LogP contribution in [0.1, 0.15) is 17.3 Å². The number of hydrogen-bond acceptors (Lipinski definition) is 5. The summed E-state index contributed by atoms with van der Waals surface area (Å²) in [5, 5.41) is 6.69. The molecule has 1 fully saturated rings. The molecule has 2 aliphatic heterocycles. The Balaban J connectivity index is 1.37. The summed E-state index contributed by atoms with van der Waals surface area (Å²) in [5.41, 5.74) is 0.942. The highest BCUT2D eigenvalue weighted by molar-refractivity contribution is 5.80. The molecule has 7 nitrogen and oxygen atoms in total. The van der Waals surface area contributed by atoms with Crippen molar-refractivity contribution in [2.45, 2.75) is 12.3 Å². The molecule has 0 bridgehead atoms. The number of ether oxygens (including phenoxy) is 2. The van der Waals surface area contributed by atoms with Crippen molar-refractivity contribution in [1.82, 2.24) is 20.1 Å². The van der Waals surface area contributed by atoms with E-state index >= 15 is 0 Å². The first kappa shape index (κ1) is 13.1. The van der Waals surface area contributed by atoms with E-state index in [0.29, 0.717) is 32.7 Å². The van der Waals surface area contributed by atoms with Crippen molar-refractivity contribution >= 4 is 5.91 Å². The molecule has 2 aliphatic rings. The fraction of sp³-hybridized carbons (Fsp3) is 0.400. The van der Waals surface area contributed by atoms with Gasteiger partial charge in [-0.3, -0.25) is 9.89 Å². The molecular weight excluding hydrogens is 284 g/mol. The second-order valence-corrected chi connectivity index (χ2v) is 5.52. The lowest BCUT2D eigenvalue weighted by Crippen LogP contribution is -2.49. The highest BCUT2D eigenvalue weighted by Gasteiger charge is 2.33. The standard InChI is InChI=1S/C15H16N4O3/c20-14(19-7-11(8-19)15-16-9-17-18-15)6-10-1-2-12-13(5-10)22-4-3-21-12/h1-2,5,9,11H,3-4,6-8H2,(H,16,17,18). The first-order valence-electron chi connectivity index (χ1n) is 7.31. The highest BCUT2D eigenvalue weighted by Crippen LogP contribution is 2.31. The van der Waals surface area contributed by atoms with Crippen LogP contribution < -0.4 is 9.47 Å². The van der Waals surface area contributed by atoms with E-state index in [1.807, 2.05) is 23.1 Å². The number of fused-ring (bicyclic) bond motifs is 1. The monoisotopic (exact) mass is 300 g/mol. The largest absolute Gasteiger partial charge is 0.486 e. The molecule has 1 saturated heterocycles. The van der Waals surface area contributed by atoms with E-state index < -0.39 is 0 Å². The molecule has 0 atom stereocenters. The Morgan fingerprint density at radius 2 is 2.09 bits per heavy atom. The van der Waals surface area contributed by atoms with Gasteiger partial charge >= 0.3 is 0 Å². The number of aromatic nitrogens is 3. The summed E-state index contributed by atoms with van der Waals surface area (Å²) < 4.78 is 11.0. The summed E-state index contributed by atoms with van der Waals surface area (Å²) in [5.74, 6) is 2.71. The Bertz CT molecular complexity index is 680. The summed E-state index contributed by atoms with van der Waals surface area (Å²) >= 11 is 0. The number of nitrogens with zero attached hydrogens (tertiary/aromatic N) is 3. The van der Waals surface area contributed by atoms with E-state index in [4.69, 9.17) is 9.47 Å². The average Bonchev–Trinajstić information content (AvgIpc) is 2.99. The van der Waals surface area contributed by atoms with Crippen molar-refractivity contribution in [3.05, 3.63) is 35.9 Å². The van der Waals surface area contributed by atoms with Crippen LogP contribution in [0.2, 0.25) is 0 Å². The van der Waals surface area contributed by atoms with E-state index in [1.165, 1.54) is 6.33 Å². The van der Waals surface area contributed by atoms with Crippen molar-refractivity contribution in [2.75, 3.05) is 26.3 Å². The van der Waals surface area contributed by atoms with Gasteiger partial charge in [-0.1, -0.05) is 6.07 Å². The lowest BCUT2D eigenvalue weighted by atomic mass is 9.98. The van der Waals surface area contributed by atoms with E-state index in [1.54, 1.807) is 0 Å². The first-order valence-corrected chi connectivity index (χ1v) is 7.31. The van der Waals surface area contributed by atoms with Crippen LogP contribution in [-0.4, -0.2) is 52.3 Å². The highest BCUT2D eigenvalue weighted by atomic mass is 16.6. The summed E-state index contributed by atoms with van der Waals surface area (Å²) in [6, 6.07) is 5.67. The number of H-pyrrole nitrogens is 1. The smallest absolute Gasteiger partial charge is 0.227 e. The number of hydrogen-bond donors (Lipinski definition) is 1. The molecule has 0 radical (unpaired) electrons. The fourth-order valence-electron chi connectivity index (χ4n) is 2.75. The Morgan fingerprint density at radius 1 is 1.27 bits per heavy atom. The summed E-state index contributed by atoms with van der Waals surface area (Å²) in [7, 11) is 0. The number of nitrogens with one attached hydrogen (secondary N) is 1. The molecule has 3 heterocycles.